The zero-order valence-electron chi connectivity index (χ0n) is 28.6. The highest BCUT2D eigenvalue weighted by Gasteiger charge is 2.31. The lowest BCUT2D eigenvalue weighted by atomic mass is 9.93. The van der Waals surface area contributed by atoms with Crippen LogP contribution in [0.1, 0.15) is 43.1 Å². The minimum atomic E-state index is -0.795. The van der Waals surface area contributed by atoms with E-state index >= 15 is 0 Å². The number of nitrogens with zero attached hydrogens (tertiary/aromatic N) is 1. The number of aliphatic hydroxyl groups is 2. The summed E-state index contributed by atoms with van der Waals surface area (Å²) >= 11 is 11.8. The summed E-state index contributed by atoms with van der Waals surface area (Å²) in [6, 6.07) is 20.5. The Bertz CT molecular complexity index is 1630. The fraction of sp³-hybridized carbons (Fsp3) is 0.361. The van der Waals surface area contributed by atoms with E-state index in [0.717, 1.165) is 45.8 Å². The van der Waals surface area contributed by atoms with E-state index in [1.807, 2.05) is 54.6 Å². The van der Waals surface area contributed by atoms with Gasteiger partial charge in [-0.3, -0.25) is 9.63 Å². The number of nitrogens with one attached hydrogen (secondary N) is 2. The predicted molar refractivity (Wildman–Crippen MR) is 196 cm³/mol. The SMILES string of the molecule is CC(O)C(N/C=C(\N)CCOc1ccc(C2c3[nH]c4ccc(Cl)cc4c3CCN2C=O)cc1)ON.COC(C)CO.COc1ccc(Cl)cc1. The summed E-state index contributed by atoms with van der Waals surface area (Å²) in [5.41, 5.74) is 10.7. The molecule has 2 heterocycles. The van der Waals surface area contributed by atoms with Gasteiger partial charge >= 0.3 is 0 Å². The van der Waals surface area contributed by atoms with Crippen molar-refractivity contribution >= 4 is 40.5 Å². The molecule has 4 aromatic rings. The number of halogens is 2. The maximum Gasteiger partial charge on any atom is 0.210 e. The van der Waals surface area contributed by atoms with Gasteiger partial charge in [0.2, 0.25) is 6.41 Å². The molecule has 0 saturated heterocycles. The number of aliphatic hydroxyl groups excluding tert-OH is 2. The molecule has 0 fully saturated rings. The number of benzene rings is 3. The Labute approximate surface area is 302 Å². The van der Waals surface area contributed by atoms with Crippen molar-refractivity contribution in [3.63, 3.8) is 0 Å². The summed E-state index contributed by atoms with van der Waals surface area (Å²) < 4.78 is 15.4. The molecule has 272 valence electrons. The summed E-state index contributed by atoms with van der Waals surface area (Å²) in [6.07, 6.45) is 2.12. The van der Waals surface area contributed by atoms with E-state index in [9.17, 15) is 9.90 Å². The largest absolute Gasteiger partial charge is 0.497 e. The van der Waals surface area contributed by atoms with E-state index in [2.05, 4.69) is 19.9 Å². The number of methoxy groups -OCH3 is 2. The topological polar surface area (TPSA) is 178 Å². The van der Waals surface area contributed by atoms with E-state index in [1.54, 1.807) is 51.3 Å². The van der Waals surface area contributed by atoms with Gasteiger partial charge in [-0.05, 0) is 86.0 Å². The molecule has 1 aromatic heterocycles. The molecule has 0 radical (unpaired) electrons. The van der Waals surface area contributed by atoms with Crippen molar-refractivity contribution in [1.29, 1.82) is 0 Å². The molecular weight excluding hydrogens is 685 g/mol. The predicted octanol–water partition coefficient (Wildman–Crippen LogP) is 5.04. The highest BCUT2D eigenvalue weighted by molar-refractivity contribution is 6.31. The molecule has 5 rings (SSSR count). The molecule has 4 atom stereocenters. The van der Waals surface area contributed by atoms with Crippen LogP contribution in [0.25, 0.3) is 10.9 Å². The van der Waals surface area contributed by atoms with Crippen molar-refractivity contribution < 1.29 is 34.1 Å². The highest BCUT2D eigenvalue weighted by Crippen LogP contribution is 2.38. The number of carbonyl (C=O) groups excluding carboxylic acids is 1. The van der Waals surface area contributed by atoms with E-state index < -0.39 is 12.3 Å². The lowest BCUT2D eigenvalue weighted by Crippen LogP contribution is -2.40. The van der Waals surface area contributed by atoms with Crippen LogP contribution in [0.15, 0.2) is 78.6 Å². The quantitative estimate of drug-likeness (QED) is 0.0620. The van der Waals surface area contributed by atoms with Gasteiger partial charge in [-0.2, -0.15) is 0 Å². The van der Waals surface area contributed by atoms with E-state index in [1.165, 1.54) is 5.56 Å². The second-order valence-corrected chi connectivity index (χ2v) is 12.3. The van der Waals surface area contributed by atoms with Crippen molar-refractivity contribution in [3.05, 3.63) is 105 Å². The fourth-order valence-corrected chi connectivity index (χ4v) is 5.28. The number of H-pyrrole nitrogens is 1. The van der Waals surface area contributed by atoms with Crippen LogP contribution in [0.2, 0.25) is 10.0 Å². The van der Waals surface area contributed by atoms with Crippen LogP contribution >= 0.6 is 23.2 Å². The van der Waals surface area contributed by atoms with Gasteiger partial charge < -0.3 is 45.4 Å². The van der Waals surface area contributed by atoms with Crippen LogP contribution in [0, 0.1) is 0 Å². The average Bonchev–Trinajstić information content (AvgIpc) is 3.50. The Morgan fingerprint density at radius 1 is 1.06 bits per heavy atom. The Balaban J connectivity index is 0.000000373. The van der Waals surface area contributed by atoms with Gasteiger partial charge in [-0.1, -0.05) is 35.3 Å². The van der Waals surface area contributed by atoms with E-state index in [4.69, 9.17) is 49.4 Å². The number of rotatable bonds is 13. The number of carbonyl (C=O) groups is 1. The first-order valence-electron chi connectivity index (χ1n) is 16.0. The zero-order chi connectivity index (χ0) is 36.6. The third-order valence-electron chi connectivity index (χ3n) is 7.84. The van der Waals surface area contributed by atoms with E-state index in [0.29, 0.717) is 36.0 Å². The molecule has 14 heteroatoms. The Morgan fingerprint density at radius 2 is 1.72 bits per heavy atom. The summed E-state index contributed by atoms with van der Waals surface area (Å²) in [4.78, 5) is 21.8. The molecule has 1 aliphatic heterocycles. The van der Waals surface area contributed by atoms with Crippen LogP contribution in [0.4, 0.5) is 0 Å². The van der Waals surface area contributed by atoms with E-state index in [-0.39, 0.29) is 18.8 Å². The van der Waals surface area contributed by atoms with Crippen LogP contribution in [0.5, 0.6) is 11.5 Å². The molecule has 50 heavy (non-hydrogen) atoms. The van der Waals surface area contributed by atoms with Crippen molar-refractivity contribution in [2.75, 3.05) is 34.0 Å². The fourth-order valence-electron chi connectivity index (χ4n) is 4.98. The van der Waals surface area contributed by atoms with Crippen LogP contribution in [-0.2, 0) is 20.8 Å². The van der Waals surface area contributed by atoms with Crippen molar-refractivity contribution in [2.45, 2.75) is 51.2 Å². The first kappa shape index (κ1) is 40.4. The Kier molecular flexibility index (Phi) is 16.7. The van der Waals surface area contributed by atoms with Crippen molar-refractivity contribution in [2.24, 2.45) is 11.6 Å². The molecule has 12 nitrogen and oxygen atoms in total. The molecule has 0 saturated carbocycles. The van der Waals surface area contributed by atoms with Gasteiger partial charge in [0.05, 0.1) is 38.6 Å². The second-order valence-electron chi connectivity index (χ2n) is 11.4. The molecule has 8 N–H and O–H groups in total. The summed E-state index contributed by atoms with van der Waals surface area (Å²) in [6.45, 7) is 4.46. The second kappa shape index (κ2) is 20.6. The lowest BCUT2D eigenvalue weighted by Gasteiger charge is -2.33. The monoisotopic (exact) mass is 731 g/mol. The number of hydrogen-bond donors (Lipinski definition) is 6. The maximum atomic E-state index is 11.9. The van der Waals surface area contributed by atoms with Gasteiger partial charge in [0, 0.05) is 58.6 Å². The van der Waals surface area contributed by atoms with Crippen LogP contribution in [-0.4, -0.2) is 78.9 Å². The molecule has 0 aliphatic carbocycles. The Morgan fingerprint density at radius 3 is 2.28 bits per heavy atom. The average molecular weight is 733 g/mol. The highest BCUT2D eigenvalue weighted by atomic mass is 35.5. The van der Waals surface area contributed by atoms with Crippen LogP contribution < -0.4 is 26.4 Å². The smallest absolute Gasteiger partial charge is 0.210 e. The van der Waals surface area contributed by atoms with Gasteiger partial charge in [0.15, 0.2) is 6.23 Å². The molecule has 1 amide bonds. The molecule has 0 spiro atoms. The Hall–Kier alpha value is -4.01. The molecule has 0 bridgehead atoms. The minimum Gasteiger partial charge on any atom is -0.497 e. The number of ether oxygens (including phenoxy) is 3. The van der Waals surface area contributed by atoms with Gasteiger partial charge in [0.25, 0.3) is 0 Å². The molecule has 4 unspecified atom stereocenters. The van der Waals surface area contributed by atoms with Crippen molar-refractivity contribution in [3.8, 4) is 11.5 Å². The number of nitrogens with two attached hydrogens (primary N) is 2. The third kappa shape index (κ3) is 11.8. The normalized spacial score (nSPS) is 15.7. The van der Waals surface area contributed by atoms with Crippen LogP contribution in [0.3, 0.4) is 0 Å². The number of amides is 1. The number of aromatic nitrogens is 1. The number of fused-ring (bicyclic) bond motifs is 3. The minimum absolute atomic E-state index is 0.00926. The zero-order valence-corrected chi connectivity index (χ0v) is 30.2. The lowest BCUT2D eigenvalue weighted by molar-refractivity contribution is -0.120. The standard InChI is InChI=1S/C25H30ClN5O4.C7H7ClO.C4H10O2/c1-15(33)25(35-28)29-13-18(27)9-11-34-19-5-2-16(3-6-19)24-23-20(8-10-31(24)14-32)21-12-17(26)4-7-22(21)30-23;1-9-7-4-2-6(8)3-5-7;1-4(3-5)6-2/h2-7,12-15,24-25,29-30,33H,8-11,27-28H2,1H3;2-5H,1H3;4-5H,3H2,1-2H3/b18-13-;;. The maximum absolute atomic E-state index is 11.9. The molecular formula is C36H47Cl2N5O7. The first-order chi connectivity index (χ1) is 24.0. The third-order valence-corrected chi connectivity index (χ3v) is 8.33. The summed E-state index contributed by atoms with van der Waals surface area (Å²) in [5, 5.41) is 23.0. The number of hydrogen-bond acceptors (Lipinski definition) is 10. The first-order valence-corrected chi connectivity index (χ1v) is 16.7. The summed E-state index contributed by atoms with van der Waals surface area (Å²) in [7, 11) is 3.20. The molecule has 3 aromatic carbocycles. The molecule has 1 aliphatic rings. The van der Waals surface area contributed by atoms with Crippen molar-refractivity contribution in [1.82, 2.24) is 15.2 Å². The van der Waals surface area contributed by atoms with Gasteiger partial charge in [-0.25, -0.2) is 5.90 Å². The van der Waals surface area contributed by atoms with Gasteiger partial charge in [0.1, 0.15) is 11.5 Å². The summed E-state index contributed by atoms with van der Waals surface area (Å²) in [5.74, 6) is 6.65. The number of aromatic amines is 1. The van der Waals surface area contributed by atoms with Gasteiger partial charge in [-0.15, -0.1) is 0 Å².